The van der Waals surface area contributed by atoms with Gasteiger partial charge >= 0.3 is 5.97 Å². The van der Waals surface area contributed by atoms with E-state index in [1.807, 2.05) is 19.9 Å². The van der Waals surface area contributed by atoms with E-state index in [2.05, 4.69) is 10.0 Å². The molecule has 3 rings (SSSR count). The van der Waals surface area contributed by atoms with E-state index >= 15 is 0 Å². The van der Waals surface area contributed by atoms with Crippen LogP contribution >= 0.6 is 0 Å². The zero-order chi connectivity index (χ0) is 25.0. The van der Waals surface area contributed by atoms with Crippen LogP contribution in [0, 0.1) is 27.7 Å². The van der Waals surface area contributed by atoms with Gasteiger partial charge in [0.1, 0.15) is 0 Å². The molecule has 0 atom stereocenters. The molecule has 0 spiro atoms. The Kier molecular flexibility index (Phi) is 7.41. The maximum atomic E-state index is 13.2. The average molecular weight is 481 g/mol. The van der Waals surface area contributed by atoms with Crippen molar-refractivity contribution in [3.05, 3.63) is 88.0 Å². The molecule has 0 heterocycles. The summed E-state index contributed by atoms with van der Waals surface area (Å²) in [4.78, 5) is 25.1. The van der Waals surface area contributed by atoms with Gasteiger partial charge in [0.05, 0.1) is 22.8 Å². The first kappa shape index (κ1) is 25.0. The summed E-state index contributed by atoms with van der Waals surface area (Å²) in [5, 5.41) is 2.77. The maximum Gasteiger partial charge on any atom is 0.338 e. The van der Waals surface area contributed by atoms with Crippen molar-refractivity contribution in [3.63, 3.8) is 0 Å². The van der Waals surface area contributed by atoms with Gasteiger partial charge in [0.25, 0.3) is 15.9 Å². The first-order valence-corrected chi connectivity index (χ1v) is 12.3. The molecule has 1 amide bonds. The van der Waals surface area contributed by atoms with Crippen molar-refractivity contribution in [2.24, 2.45) is 0 Å². The summed E-state index contributed by atoms with van der Waals surface area (Å²) in [5.74, 6) is -0.968. The molecule has 0 radical (unpaired) electrons. The molecule has 0 saturated heterocycles. The van der Waals surface area contributed by atoms with Gasteiger partial charge in [-0.15, -0.1) is 0 Å². The molecule has 8 heteroatoms. The second-order valence-corrected chi connectivity index (χ2v) is 9.64. The number of hydrogen-bond donors (Lipinski definition) is 2. The van der Waals surface area contributed by atoms with Gasteiger partial charge in [-0.1, -0.05) is 24.3 Å². The van der Waals surface area contributed by atoms with Crippen molar-refractivity contribution < 1.29 is 22.7 Å². The molecular formula is C26H28N2O5S. The van der Waals surface area contributed by atoms with Gasteiger partial charge in [-0.2, -0.15) is 0 Å². The lowest BCUT2D eigenvalue weighted by Gasteiger charge is -2.15. The number of amides is 1. The SMILES string of the molecule is CCOC(=O)c1cccc(NC(=O)c2ccc(C)c(S(=O)(=O)Nc3cccc(C)c3C)c2)c1C. The first-order valence-electron chi connectivity index (χ1n) is 10.8. The van der Waals surface area contributed by atoms with E-state index in [-0.39, 0.29) is 17.1 Å². The van der Waals surface area contributed by atoms with Crippen LogP contribution in [0.4, 0.5) is 11.4 Å². The smallest absolute Gasteiger partial charge is 0.338 e. The van der Waals surface area contributed by atoms with Crippen molar-refractivity contribution in [2.75, 3.05) is 16.6 Å². The number of carbonyl (C=O) groups excluding carboxylic acids is 2. The van der Waals surface area contributed by atoms with E-state index in [0.29, 0.717) is 28.1 Å². The van der Waals surface area contributed by atoms with Crippen molar-refractivity contribution in [2.45, 2.75) is 39.5 Å². The zero-order valence-corrected chi connectivity index (χ0v) is 20.7. The van der Waals surface area contributed by atoms with Gasteiger partial charge in [-0.25, -0.2) is 13.2 Å². The molecule has 34 heavy (non-hydrogen) atoms. The number of sulfonamides is 1. The average Bonchev–Trinajstić information content (AvgIpc) is 2.78. The van der Waals surface area contributed by atoms with Gasteiger partial charge in [-0.05, 0) is 87.2 Å². The Bertz CT molecular complexity index is 1360. The third-order valence-electron chi connectivity index (χ3n) is 5.67. The number of rotatable bonds is 7. The Balaban J connectivity index is 1.90. The normalized spacial score (nSPS) is 11.1. The van der Waals surface area contributed by atoms with Gasteiger partial charge in [0, 0.05) is 11.3 Å². The molecule has 178 valence electrons. The second kappa shape index (κ2) is 10.1. The zero-order valence-electron chi connectivity index (χ0n) is 19.9. The van der Waals surface area contributed by atoms with Crippen molar-refractivity contribution in [1.29, 1.82) is 0 Å². The van der Waals surface area contributed by atoms with E-state index < -0.39 is 21.9 Å². The third kappa shape index (κ3) is 5.28. The predicted octanol–water partition coefficient (Wildman–Crippen LogP) is 5.15. The molecule has 2 N–H and O–H groups in total. The summed E-state index contributed by atoms with van der Waals surface area (Å²) in [6.45, 7) is 9.09. The van der Waals surface area contributed by atoms with Crippen LogP contribution in [0.25, 0.3) is 0 Å². The van der Waals surface area contributed by atoms with Crippen LogP contribution in [0.2, 0.25) is 0 Å². The summed E-state index contributed by atoms with van der Waals surface area (Å²) in [6, 6.07) is 14.8. The molecule has 0 aliphatic heterocycles. The molecular weight excluding hydrogens is 452 g/mol. The van der Waals surface area contributed by atoms with E-state index in [4.69, 9.17) is 4.74 Å². The fraction of sp³-hybridized carbons (Fsp3) is 0.231. The molecule has 0 aromatic heterocycles. The van der Waals surface area contributed by atoms with Gasteiger partial charge in [0.2, 0.25) is 0 Å². The number of ether oxygens (including phenoxy) is 1. The first-order chi connectivity index (χ1) is 16.0. The lowest BCUT2D eigenvalue weighted by atomic mass is 10.1. The summed E-state index contributed by atoms with van der Waals surface area (Å²) < 4.78 is 34.0. The summed E-state index contributed by atoms with van der Waals surface area (Å²) >= 11 is 0. The molecule has 0 bridgehead atoms. The minimum Gasteiger partial charge on any atom is -0.462 e. The fourth-order valence-corrected chi connectivity index (χ4v) is 4.88. The monoisotopic (exact) mass is 480 g/mol. The quantitative estimate of drug-likeness (QED) is 0.456. The van der Waals surface area contributed by atoms with Crippen LogP contribution in [0.5, 0.6) is 0 Å². The minimum absolute atomic E-state index is 0.0121. The van der Waals surface area contributed by atoms with Crippen LogP contribution in [-0.2, 0) is 14.8 Å². The molecule has 0 aliphatic carbocycles. The summed E-state index contributed by atoms with van der Waals surface area (Å²) in [7, 11) is -3.94. The third-order valence-corrected chi connectivity index (χ3v) is 7.17. The standard InChI is InChI=1S/C26H28N2O5S/c1-6-33-26(30)21-10-8-11-22(19(21)5)27-25(29)20-14-13-17(3)24(15-20)34(31,32)28-23-12-7-9-16(2)18(23)4/h7-15,28H,6H2,1-5H3,(H,27,29). The highest BCUT2D eigenvalue weighted by Crippen LogP contribution is 2.25. The number of esters is 1. The fourth-order valence-electron chi connectivity index (χ4n) is 3.49. The minimum atomic E-state index is -3.94. The highest BCUT2D eigenvalue weighted by atomic mass is 32.2. The molecule has 7 nitrogen and oxygen atoms in total. The summed E-state index contributed by atoms with van der Waals surface area (Å²) in [5.41, 5.74) is 4.31. The second-order valence-electron chi connectivity index (χ2n) is 7.99. The van der Waals surface area contributed by atoms with Crippen LogP contribution in [0.3, 0.4) is 0 Å². The lowest BCUT2D eigenvalue weighted by Crippen LogP contribution is -2.18. The van der Waals surface area contributed by atoms with E-state index in [9.17, 15) is 18.0 Å². The highest BCUT2D eigenvalue weighted by molar-refractivity contribution is 7.92. The summed E-state index contributed by atoms with van der Waals surface area (Å²) in [6.07, 6.45) is 0. The molecule has 0 saturated carbocycles. The highest BCUT2D eigenvalue weighted by Gasteiger charge is 2.21. The topological polar surface area (TPSA) is 102 Å². The number of carbonyl (C=O) groups is 2. The van der Waals surface area contributed by atoms with Crippen LogP contribution in [-0.4, -0.2) is 26.9 Å². The number of benzene rings is 3. The van der Waals surface area contributed by atoms with E-state index in [1.165, 1.54) is 6.07 Å². The number of aryl methyl sites for hydroxylation is 2. The van der Waals surface area contributed by atoms with Gasteiger partial charge in [0.15, 0.2) is 0 Å². The van der Waals surface area contributed by atoms with Crippen LogP contribution in [0.1, 0.15) is 49.9 Å². The number of hydrogen-bond acceptors (Lipinski definition) is 5. The van der Waals surface area contributed by atoms with Gasteiger partial charge in [-0.3, -0.25) is 9.52 Å². The molecule has 0 aliphatic rings. The Hall–Kier alpha value is -3.65. The van der Waals surface area contributed by atoms with Crippen molar-refractivity contribution in [3.8, 4) is 0 Å². The number of nitrogens with one attached hydrogen (secondary N) is 2. The molecule has 3 aromatic rings. The van der Waals surface area contributed by atoms with Gasteiger partial charge < -0.3 is 10.1 Å². The van der Waals surface area contributed by atoms with Crippen LogP contribution < -0.4 is 10.0 Å². The number of anilines is 2. The van der Waals surface area contributed by atoms with E-state index in [1.54, 1.807) is 63.2 Å². The maximum absolute atomic E-state index is 13.2. The van der Waals surface area contributed by atoms with Crippen LogP contribution in [0.15, 0.2) is 59.5 Å². The van der Waals surface area contributed by atoms with Crippen molar-refractivity contribution in [1.82, 2.24) is 0 Å². The molecule has 0 fully saturated rings. The molecule has 0 unspecified atom stereocenters. The largest absolute Gasteiger partial charge is 0.462 e. The van der Waals surface area contributed by atoms with Crippen molar-refractivity contribution >= 4 is 33.3 Å². The Labute approximate surface area is 200 Å². The Morgan fingerprint density at radius 3 is 2.24 bits per heavy atom. The Morgan fingerprint density at radius 1 is 0.853 bits per heavy atom. The van der Waals surface area contributed by atoms with E-state index in [0.717, 1.165) is 11.1 Å². The lowest BCUT2D eigenvalue weighted by molar-refractivity contribution is 0.0525. The Morgan fingerprint density at radius 2 is 1.53 bits per heavy atom. The molecule has 3 aromatic carbocycles. The predicted molar refractivity (Wildman–Crippen MR) is 133 cm³/mol.